The number of hydrogen-bond donors (Lipinski definition) is 7. The number of ketones is 1. The molecule has 1 aliphatic carbocycles. The van der Waals surface area contributed by atoms with Crippen molar-refractivity contribution in [1.29, 1.82) is 5.41 Å². The van der Waals surface area contributed by atoms with E-state index in [1.54, 1.807) is 0 Å². The van der Waals surface area contributed by atoms with Crippen molar-refractivity contribution in [3.8, 4) is 22.5 Å². The quantitative estimate of drug-likeness (QED) is 0.0736. The van der Waals surface area contributed by atoms with Crippen LogP contribution in [0.5, 0.6) is 0 Å². The number of carboxylic acid groups (broad SMARTS) is 1. The number of nitrogen functional groups attached to an aromatic ring is 1. The Kier molecular flexibility index (Phi) is 8.35. The summed E-state index contributed by atoms with van der Waals surface area (Å²) < 4.78 is 106. The van der Waals surface area contributed by atoms with E-state index in [4.69, 9.17) is 20.1 Å². The van der Waals surface area contributed by atoms with E-state index in [1.165, 1.54) is 6.07 Å². The molecule has 4 rings (SSSR count). The summed E-state index contributed by atoms with van der Waals surface area (Å²) in [5, 5.41) is 19.2. The van der Waals surface area contributed by atoms with E-state index >= 15 is 0 Å². The molecule has 8 N–H and O–H groups in total. The van der Waals surface area contributed by atoms with Crippen LogP contribution in [0.2, 0.25) is 0 Å². The van der Waals surface area contributed by atoms with E-state index in [0.717, 1.165) is 43.3 Å². The van der Waals surface area contributed by atoms with Gasteiger partial charge in [-0.2, -0.15) is 25.3 Å². The normalized spacial score (nSPS) is 13.1. The molecule has 0 saturated heterocycles. The fraction of sp³-hybridized carbons (Fsp3) is 0.120. The van der Waals surface area contributed by atoms with Crippen LogP contribution >= 0.6 is 0 Å². The number of carboxylic acids is 1. The predicted octanol–water partition coefficient (Wildman–Crippen LogP) is 1.03. The van der Waals surface area contributed by atoms with Gasteiger partial charge >= 0.3 is 5.97 Å². The third-order valence-corrected chi connectivity index (χ3v) is 9.08. The van der Waals surface area contributed by atoms with E-state index < -0.39 is 103 Å². The largest absolute Gasteiger partial charge is 0.478 e. The molecule has 2 aromatic carbocycles. The SMILES string of the molecule is CC(=O)C(CS(=O)(=O)O)NC(=O)c1ccc(-c2c3ccc(=N)c(S(=O)(=O)O)c-3oc3c(S(=O)(=O)O)c(N)ccc23)c(C(=O)O)c1. The zero-order valence-corrected chi connectivity index (χ0v) is 24.9. The Morgan fingerprint density at radius 3 is 2.04 bits per heavy atom. The first-order chi connectivity index (χ1) is 20.6. The van der Waals surface area contributed by atoms with Gasteiger partial charge in [-0.05, 0) is 48.9 Å². The summed E-state index contributed by atoms with van der Waals surface area (Å²) in [6, 6.07) is 5.42. The highest BCUT2D eigenvalue weighted by Gasteiger charge is 2.32. The van der Waals surface area contributed by atoms with Gasteiger partial charge < -0.3 is 20.6 Å². The minimum atomic E-state index is -5.24. The molecule has 238 valence electrons. The van der Waals surface area contributed by atoms with Crippen molar-refractivity contribution in [3.05, 3.63) is 58.9 Å². The van der Waals surface area contributed by atoms with Gasteiger partial charge in [0, 0.05) is 22.1 Å². The van der Waals surface area contributed by atoms with Crippen LogP contribution in [-0.4, -0.2) is 73.5 Å². The van der Waals surface area contributed by atoms with Crippen LogP contribution in [-0.2, 0) is 35.1 Å². The molecule has 0 saturated carbocycles. The van der Waals surface area contributed by atoms with Gasteiger partial charge in [-0.25, -0.2) is 4.79 Å². The number of fused-ring (bicyclic) bond motifs is 2. The van der Waals surface area contributed by atoms with Crippen LogP contribution in [0.25, 0.3) is 33.4 Å². The molecule has 0 radical (unpaired) electrons. The molecule has 45 heavy (non-hydrogen) atoms. The number of hydrogen-bond acceptors (Lipinski definition) is 12. The van der Waals surface area contributed by atoms with Crippen molar-refractivity contribution in [1.82, 2.24) is 5.32 Å². The molecule has 20 heteroatoms. The molecular formula is C25H21N3O14S3. The number of rotatable bonds is 9. The summed E-state index contributed by atoms with van der Waals surface area (Å²) >= 11 is 0. The van der Waals surface area contributed by atoms with Crippen LogP contribution < -0.4 is 16.4 Å². The van der Waals surface area contributed by atoms with Crippen molar-refractivity contribution in [2.24, 2.45) is 0 Å². The van der Waals surface area contributed by atoms with Gasteiger partial charge in [0.25, 0.3) is 36.3 Å². The molecule has 2 aliphatic rings. The average molecular weight is 684 g/mol. The zero-order valence-electron chi connectivity index (χ0n) is 22.5. The molecule has 0 fully saturated rings. The van der Waals surface area contributed by atoms with E-state index in [0.29, 0.717) is 0 Å². The lowest BCUT2D eigenvalue weighted by Crippen LogP contribution is -2.44. The number of Topliss-reactive ketones (excluding diaryl/α,β-unsaturated/α-hetero) is 1. The van der Waals surface area contributed by atoms with Crippen LogP contribution in [0.1, 0.15) is 27.6 Å². The Hall–Kier alpha value is -4.73. The van der Waals surface area contributed by atoms with Gasteiger partial charge in [0.2, 0.25) is 0 Å². The summed E-state index contributed by atoms with van der Waals surface area (Å²) in [5.41, 5.74) is 2.54. The van der Waals surface area contributed by atoms with Gasteiger partial charge in [-0.1, -0.05) is 6.07 Å². The number of aromatic carboxylic acids is 1. The van der Waals surface area contributed by atoms with Gasteiger partial charge in [-0.3, -0.25) is 28.7 Å². The lowest BCUT2D eigenvalue weighted by molar-refractivity contribution is -0.118. The van der Waals surface area contributed by atoms with Gasteiger partial charge in [0.15, 0.2) is 26.9 Å². The minimum Gasteiger partial charge on any atom is -0.478 e. The van der Waals surface area contributed by atoms with Crippen LogP contribution in [0.15, 0.2) is 56.7 Å². The Bertz CT molecular complexity index is 2310. The Morgan fingerprint density at radius 2 is 1.51 bits per heavy atom. The molecule has 1 aliphatic heterocycles. The first-order valence-electron chi connectivity index (χ1n) is 12.1. The van der Waals surface area contributed by atoms with Crippen molar-refractivity contribution in [2.45, 2.75) is 22.8 Å². The lowest BCUT2D eigenvalue weighted by Gasteiger charge is -2.20. The maximum absolute atomic E-state index is 12.9. The molecule has 1 atom stereocenters. The summed E-state index contributed by atoms with van der Waals surface area (Å²) in [6.45, 7) is 0.940. The van der Waals surface area contributed by atoms with Gasteiger partial charge in [0.05, 0.1) is 16.6 Å². The topological polar surface area (TPSA) is 310 Å². The van der Waals surface area contributed by atoms with Gasteiger partial charge in [0.1, 0.15) is 11.8 Å². The molecule has 1 unspecified atom stereocenters. The van der Waals surface area contributed by atoms with Crippen molar-refractivity contribution in [3.63, 3.8) is 0 Å². The van der Waals surface area contributed by atoms with E-state index in [1.807, 2.05) is 0 Å². The van der Waals surface area contributed by atoms with E-state index in [2.05, 4.69) is 5.32 Å². The number of nitrogens with one attached hydrogen (secondary N) is 2. The minimum absolute atomic E-state index is 0.243. The van der Waals surface area contributed by atoms with Crippen molar-refractivity contribution < 1.29 is 62.8 Å². The molecule has 1 amide bonds. The number of amides is 1. The fourth-order valence-electron chi connectivity index (χ4n) is 4.59. The first-order valence-corrected chi connectivity index (χ1v) is 16.6. The molecular weight excluding hydrogens is 662 g/mol. The Labute approximate surface area is 253 Å². The standard InChI is InChI=1S/C25H21N3O14S3/c1-10(29)18(9-43(33,34)35)28-24(30)11-2-3-12(15(8-11)25(31)32)19-13-4-6-16(26)22(44(36,37)38)20(13)42-21-14(19)5-7-17(27)23(21)45(39,40)41/h2-8,18,26H,9,27H2,1H3,(H,28,30)(H,31,32)(H,33,34,35)(H,36,37,38)(H,39,40,41). The Balaban J connectivity index is 2.10. The monoisotopic (exact) mass is 683 g/mol. The smallest absolute Gasteiger partial charge is 0.336 e. The molecule has 0 spiro atoms. The Morgan fingerprint density at radius 1 is 0.911 bits per heavy atom. The molecule has 0 bridgehead atoms. The number of anilines is 1. The fourth-order valence-corrected chi connectivity index (χ4v) is 6.81. The highest BCUT2D eigenvalue weighted by Crippen LogP contribution is 2.45. The number of carbonyl (C=O) groups excluding carboxylic acids is 2. The second-order valence-corrected chi connectivity index (χ2v) is 13.8. The zero-order chi connectivity index (χ0) is 33.8. The second-order valence-electron chi connectivity index (χ2n) is 9.56. The highest BCUT2D eigenvalue weighted by molar-refractivity contribution is 7.86. The van der Waals surface area contributed by atoms with Crippen LogP contribution in [0.3, 0.4) is 0 Å². The molecule has 2 aromatic rings. The number of carbonyl (C=O) groups is 3. The summed E-state index contributed by atoms with van der Waals surface area (Å²) in [6.07, 6.45) is 0. The van der Waals surface area contributed by atoms with E-state index in [-0.39, 0.29) is 22.1 Å². The molecule has 17 nitrogen and oxygen atoms in total. The van der Waals surface area contributed by atoms with Crippen LogP contribution in [0.4, 0.5) is 5.69 Å². The maximum Gasteiger partial charge on any atom is 0.336 e. The average Bonchev–Trinajstić information content (AvgIpc) is 2.88. The van der Waals surface area contributed by atoms with Crippen molar-refractivity contribution in [2.75, 3.05) is 11.5 Å². The number of benzene rings is 3. The third kappa shape index (κ3) is 6.55. The summed E-state index contributed by atoms with van der Waals surface area (Å²) in [4.78, 5) is 35.1. The summed E-state index contributed by atoms with van der Waals surface area (Å²) in [7, 11) is -15.2. The first kappa shape index (κ1) is 33.2. The highest BCUT2D eigenvalue weighted by atomic mass is 32.2. The van der Waals surface area contributed by atoms with E-state index in [9.17, 15) is 53.8 Å². The second kappa shape index (κ2) is 11.3. The lowest BCUT2D eigenvalue weighted by atomic mass is 9.89. The third-order valence-electron chi connectivity index (χ3n) is 6.47. The molecule has 1 heterocycles. The predicted molar refractivity (Wildman–Crippen MR) is 153 cm³/mol. The molecule has 0 aromatic heterocycles. The van der Waals surface area contributed by atoms with Crippen molar-refractivity contribution >= 4 is 64.7 Å². The number of nitrogens with two attached hydrogens (primary N) is 1. The van der Waals surface area contributed by atoms with Crippen LogP contribution in [0, 0.1) is 5.41 Å². The summed E-state index contributed by atoms with van der Waals surface area (Å²) in [5.74, 6) is -5.63. The van der Waals surface area contributed by atoms with Gasteiger partial charge in [-0.15, -0.1) is 0 Å². The maximum atomic E-state index is 12.9.